The fourth-order valence-electron chi connectivity index (χ4n) is 4.51. The van der Waals surface area contributed by atoms with E-state index in [1.54, 1.807) is 0 Å². The second kappa shape index (κ2) is 10.8. The Morgan fingerprint density at radius 1 is 1.17 bits per heavy atom. The molecule has 0 bridgehead atoms. The molecule has 2 aliphatic heterocycles. The number of aromatic nitrogens is 2. The van der Waals surface area contributed by atoms with Crippen LogP contribution in [0.3, 0.4) is 0 Å². The number of aliphatic hydroxyl groups is 2. The van der Waals surface area contributed by atoms with Crippen LogP contribution in [0.1, 0.15) is 53.1 Å². The highest BCUT2D eigenvalue weighted by atomic mass is 32.1. The van der Waals surface area contributed by atoms with Crippen LogP contribution in [0.2, 0.25) is 0 Å². The molecule has 0 amide bonds. The first kappa shape index (κ1) is 27.9. The Morgan fingerprint density at radius 2 is 1.83 bits per heavy atom. The van der Waals surface area contributed by atoms with Crippen molar-refractivity contribution in [2.75, 3.05) is 19.7 Å². The smallest absolute Gasteiger partial charge is 0.392 e. The van der Waals surface area contributed by atoms with Crippen LogP contribution < -0.4 is 0 Å². The second-order valence-corrected chi connectivity index (χ2v) is 9.39. The largest absolute Gasteiger partial charge is 0.425 e. The monoisotopic (exact) mass is 529 g/mol. The number of piperidine rings is 1. The average Bonchev–Trinajstić information content (AvgIpc) is 3.41. The van der Waals surface area contributed by atoms with E-state index in [4.69, 9.17) is 4.74 Å². The average molecular weight is 530 g/mol. The molecular weight excluding hydrogens is 500 g/mol. The molecule has 1 unspecified atom stereocenters. The number of halogens is 6. The molecule has 2 aromatic heterocycles. The predicted molar refractivity (Wildman–Crippen MR) is 117 cm³/mol. The number of ether oxygens (including phenoxy) is 1. The van der Waals surface area contributed by atoms with Crippen LogP contribution in [0.5, 0.6) is 0 Å². The maximum atomic E-state index is 13.5. The van der Waals surface area contributed by atoms with Crippen molar-refractivity contribution in [1.29, 1.82) is 0 Å². The Labute approximate surface area is 203 Å². The van der Waals surface area contributed by atoms with Gasteiger partial charge in [0.2, 0.25) is 0 Å². The molecule has 1 fully saturated rings. The molecule has 0 saturated carbocycles. The first-order valence-electron chi connectivity index (χ1n) is 11.4. The zero-order valence-corrected chi connectivity index (χ0v) is 20.2. The summed E-state index contributed by atoms with van der Waals surface area (Å²) in [5, 5.41) is 22.6. The Kier molecular flexibility index (Phi) is 8.57. The fourth-order valence-corrected chi connectivity index (χ4v) is 5.94. The lowest BCUT2D eigenvalue weighted by molar-refractivity contribution is -0.208. The summed E-state index contributed by atoms with van der Waals surface area (Å²) in [6.45, 7) is 4.35. The van der Waals surface area contributed by atoms with Gasteiger partial charge in [0, 0.05) is 41.8 Å². The molecule has 1 spiro atoms. The van der Waals surface area contributed by atoms with E-state index in [9.17, 15) is 36.6 Å². The normalized spacial score (nSPS) is 19.3. The highest BCUT2D eigenvalue weighted by Crippen LogP contribution is 2.50. The highest BCUT2D eigenvalue weighted by Gasteiger charge is 2.47. The van der Waals surface area contributed by atoms with E-state index >= 15 is 0 Å². The summed E-state index contributed by atoms with van der Waals surface area (Å²) < 4.78 is 85.1. The molecule has 4 heterocycles. The topological polar surface area (TPSA) is 70.8 Å². The Hall–Kier alpha value is -1.67. The van der Waals surface area contributed by atoms with E-state index in [-0.39, 0.29) is 12.2 Å². The summed E-state index contributed by atoms with van der Waals surface area (Å²) in [5.41, 5.74) is 0.326. The second-order valence-electron chi connectivity index (χ2n) is 8.37. The van der Waals surface area contributed by atoms with E-state index in [1.807, 2.05) is 18.7 Å². The minimum absolute atomic E-state index is 0.0546. The molecule has 2 N–H and O–H groups in total. The number of fused-ring (bicyclic) bond motifs is 2. The van der Waals surface area contributed by atoms with Crippen molar-refractivity contribution in [3.63, 3.8) is 0 Å². The van der Waals surface area contributed by atoms with E-state index in [2.05, 4.69) is 5.10 Å². The van der Waals surface area contributed by atoms with Gasteiger partial charge in [0.1, 0.15) is 10.5 Å². The van der Waals surface area contributed by atoms with Crippen LogP contribution in [0.4, 0.5) is 26.3 Å². The lowest BCUT2D eigenvalue weighted by atomic mass is 9.84. The number of hydrogen-bond acceptors (Lipinski definition) is 6. The number of thiophene rings is 1. The maximum Gasteiger partial charge on any atom is 0.425 e. The van der Waals surface area contributed by atoms with Crippen molar-refractivity contribution in [2.45, 2.75) is 76.9 Å². The van der Waals surface area contributed by atoms with Crippen molar-refractivity contribution < 1.29 is 41.3 Å². The van der Waals surface area contributed by atoms with Gasteiger partial charge in [0.15, 0.2) is 6.10 Å². The van der Waals surface area contributed by atoms with Gasteiger partial charge in [0.05, 0.1) is 26.0 Å². The van der Waals surface area contributed by atoms with Crippen molar-refractivity contribution in [3.05, 3.63) is 38.8 Å². The van der Waals surface area contributed by atoms with Crippen LogP contribution in [-0.4, -0.2) is 56.9 Å². The zero-order chi connectivity index (χ0) is 26.0. The van der Waals surface area contributed by atoms with E-state index < -0.39 is 42.1 Å². The third-order valence-corrected chi connectivity index (χ3v) is 7.68. The standard InChI is InChI=1S/C20H23F6N3O3S.C2H6/c21-19(22,23)15(31)10-29-9-12(7-27-29)8-28-4-2-18(3-5-28)16-13(1-6-32-18)14(11-30)17(33-16)20(24,25)26;1-2/h7,9,15,30-31H,1-6,8,10-11H2;1-2H3. The zero-order valence-electron chi connectivity index (χ0n) is 19.4. The third-order valence-electron chi connectivity index (χ3n) is 6.17. The highest BCUT2D eigenvalue weighted by molar-refractivity contribution is 7.12. The van der Waals surface area contributed by atoms with Crippen LogP contribution in [0, 0.1) is 0 Å². The summed E-state index contributed by atoms with van der Waals surface area (Å²) >= 11 is 0.658. The molecule has 2 aliphatic rings. The quantitative estimate of drug-likeness (QED) is 0.560. The Balaban J connectivity index is 0.00000167. The van der Waals surface area contributed by atoms with Gasteiger partial charge < -0.3 is 14.9 Å². The third kappa shape index (κ3) is 6.01. The number of nitrogens with zero attached hydrogens (tertiary/aromatic N) is 3. The lowest BCUT2D eigenvalue weighted by Crippen LogP contribution is -2.45. The molecule has 198 valence electrons. The molecule has 2 aromatic rings. The van der Waals surface area contributed by atoms with Crippen LogP contribution in [0.15, 0.2) is 12.4 Å². The van der Waals surface area contributed by atoms with Gasteiger partial charge in [-0.3, -0.25) is 9.58 Å². The molecule has 1 saturated heterocycles. The molecule has 4 rings (SSSR count). The summed E-state index contributed by atoms with van der Waals surface area (Å²) in [5.74, 6) is 0. The number of likely N-dealkylation sites (tertiary alicyclic amines) is 1. The van der Waals surface area contributed by atoms with Gasteiger partial charge in [-0.25, -0.2) is 0 Å². The van der Waals surface area contributed by atoms with Gasteiger partial charge >= 0.3 is 12.4 Å². The number of rotatable bonds is 5. The molecule has 6 nitrogen and oxygen atoms in total. The van der Waals surface area contributed by atoms with Gasteiger partial charge in [-0.2, -0.15) is 31.4 Å². The minimum Gasteiger partial charge on any atom is -0.392 e. The van der Waals surface area contributed by atoms with E-state index in [0.29, 0.717) is 66.2 Å². The first-order valence-corrected chi connectivity index (χ1v) is 12.2. The first-order chi connectivity index (χ1) is 16.4. The minimum atomic E-state index is -4.73. The van der Waals surface area contributed by atoms with Crippen LogP contribution in [0.25, 0.3) is 0 Å². The Morgan fingerprint density at radius 3 is 2.40 bits per heavy atom. The Bertz CT molecular complexity index is 980. The van der Waals surface area contributed by atoms with E-state index in [0.717, 1.165) is 4.68 Å². The van der Waals surface area contributed by atoms with Gasteiger partial charge in [-0.15, -0.1) is 11.3 Å². The van der Waals surface area contributed by atoms with Crippen molar-refractivity contribution in [1.82, 2.24) is 14.7 Å². The van der Waals surface area contributed by atoms with E-state index in [1.165, 1.54) is 12.4 Å². The SMILES string of the molecule is CC.OCc1c(C(F)(F)F)sc2c1CCOC21CCN(Cc2cnn(CC(O)C(F)(F)F)c2)CC1. The van der Waals surface area contributed by atoms with Crippen LogP contribution in [-0.2, 0) is 42.6 Å². The summed E-state index contributed by atoms with van der Waals surface area (Å²) in [4.78, 5) is 1.81. The summed E-state index contributed by atoms with van der Waals surface area (Å²) in [6.07, 6.45) is -7.65. The molecule has 0 aliphatic carbocycles. The van der Waals surface area contributed by atoms with Gasteiger partial charge in [-0.05, 0) is 24.8 Å². The number of alkyl halides is 6. The predicted octanol–water partition coefficient (Wildman–Crippen LogP) is 4.47. The van der Waals surface area contributed by atoms with Gasteiger partial charge in [-0.1, -0.05) is 13.8 Å². The van der Waals surface area contributed by atoms with Crippen molar-refractivity contribution in [2.24, 2.45) is 0 Å². The molecule has 1 atom stereocenters. The summed E-state index contributed by atoms with van der Waals surface area (Å²) in [7, 11) is 0. The summed E-state index contributed by atoms with van der Waals surface area (Å²) in [6, 6.07) is 0. The maximum absolute atomic E-state index is 13.5. The lowest BCUT2D eigenvalue weighted by Gasteiger charge is -2.43. The van der Waals surface area contributed by atoms with Crippen molar-refractivity contribution in [3.8, 4) is 0 Å². The number of hydrogen-bond donors (Lipinski definition) is 2. The molecule has 13 heteroatoms. The molecule has 0 aromatic carbocycles. The molecular formula is C22H29F6N3O3S. The molecule has 35 heavy (non-hydrogen) atoms. The fraction of sp³-hybridized carbons (Fsp3) is 0.682. The van der Waals surface area contributed by atoms with Gasteiger partial charge in [0.25, 0.3) is 0 Å². The van der Waals surface area contributed by atoms with Crippen molar-refractivity contribution >= 4 is 11.3 Å². The van der Waals surface area contributed by atoms with Crippen LogP contribution >= 0.6 is 11.3 Å². The molecule has 0 radical (unpaired) electrons. The number of aliphatic hydroxyl groups excluding tert-OH is 2.